The summed E-state index contributed by atoms with van der Waals surface area (Å²) in [5.41, 5.74) is 1.80. The van der Waals surface area contributed by atoms with Gasteiger partial charge >= 0.3 is 0 Å². The summed E-state index contributed by atoms with van der Waals surface area (Å²) < 4.78 is 0. The molecule has 6 heteroatoms. The number of carbonyl (C=O) groups excluding carboxylic acids is 2. The summed E-state index contributed by atoms with van der Waals surface area (Å²) >= 11 is 11.9. The van der Waals surface area contributed by atoms with E-state index in [2.05, 4.69) is 10.6 Å². The average Bonchev–Trinajstić information content (AvgIpc) is 2.61. The second-order valence-corrected chi connectivity index (χ2v) is 6.63. The van der Waals surface area contributed by atoms with Crippen molar-refractivity contribution in [3.05, 3.63) is 69.2 Å². The number of carbonyl (C=O) groups is 2. The third kappa shape index (κ3) is 5.48. The molecule has 0 bridgehead atoms. The molecule has 0 saturated heterocycles. The lowest BCUT2D eigenvalue weighted by molar-refractivity contribution is 0.0934. The molecule has 0 aromatic heterocycles. The average molecular weight is 379 g/mol. The molecule has 0 unspecified atom stereocenters. The zero-order valence-corrected chi connectivity index (χ0v) is 15.6. The van der Waals surface area contributed by atoms with Crippen LogP contribution >= 0.6 is 23.2 Å². The highest BCUT2D eigenvalue weighted by Gasteiger charge is 2.11. The topological polar surface area (TPSA) is 58.2 Å². The molecule has 0 heterocycles. The molecule has 0 spiro atoms. The van der Waals surface area contributed by atoms with Crippen LogP contribution < -0.4 is 10.6 Å². The Morgan fingerprint density at radius 3 is 2.36 bits per heavy atom. The predicted molar refractivity (Wildman–Crippen MR) is 101 cm³/mol. The Labute approximate surface area is 157 Å². The van der Waals surface area contributed by atoms with Crippen LogP contribution in [-0.2, 0) is 6.54 Å². The Morgan fingerprint density at radius 2 is 1.72 bits per heavy atom. The first-order valence-electron chi connectivity index (χ1n) is 8.03. The smallest absolute Gasteiger partial charge is 0.253 e. The summed E-state index contributed by atoms with van der Waals surface area (Å²) in [6, 6.07) is 12.0. The van der Waals surface area contributed by atoms with Gasteiger partial charge in [-0.15, -0.1) is 0 Å². The summed E-state index contributed by atoms with van der Waals surface area (Å²) in [7, 11) is 0. The molecule has 25 heavy (non-hydrogen) atoms. The Bertz CT molecular complexity index is 761. The van der Waals surface area contributed by atoms with Crippen molar-refractivity contribution in [1.82, 2.24) is 10.6 Å². The van der Waals surface area contributed by atoms with Gasteiger partial charge in [0.2, 0.25) is 0 Å². The van der Waals surface area contributed by atoms with Crippen molar-refractivity contribution in [2.75, 3.05) is 0 Å². The van der Waals surface area contributed by atoms with Crippen LogP contribution in [0.3, 0.4) is 0 Å². The molecule has 2 amide bonds. The molecule has 2 rings (SSSR count). The van der Waals surface area contributed by atoms with Crippen LogP contribution in [0.2, 0.25) is 10.0 Å². The molecular weight excluding hydrogens is 359 g/mol. The Kier molecular flexibility index (Phi) is 6.85. The quantitative estimate of drug-likeness (QED) is 0.779. The van der Waals surface area contributed by atoms with Gasteiger partial charge in [-0.2, -0.15) is 0 Å². The molecule has 132 valence electrons. The van der Waals surface area contributed by atoms with E-state index in [9.17, 15) is 9.59 Å². The minimum atomic E-state index is -0.300. The van der Waals surface area contributed by atoms with Crippen molar-refractivity contribution in [2.24, 2.45) is 0 Å². The lowest BCUT2D eigenvalue weighted by Crippen LogP contribution is -2.31. The van der Waals surface area contributed by atoms with Crippen LogP contribution in [0.1, 0.15) is 46.5 Å². The minimum Gasteiger partial charge on any atom is -0.350 e. The summed E-state index contributed by atoms with van der Waals surface area (Å²) in [5, 5.41) is 6.50. The third-order valence-electron chi connectivity index (χ3n) is 3.83. The maximum atomic E-state index is 12.2. The van der Waals surface area contributed by atoms with E-state index >= 15 is 0 Å². The molecule has 0 radical (unpaired) electrons. The zero-order valence-electron chi connectivity index (χ0n) is 14.1. The monoisotopic (exact) mass is 378 g/mol. The van der Waals surface area contributed by atoms with E-state index in [4.69, 9.17) is 23.2 Å². The SMILES string of the molecule is CC[C@H](C)NC(=O)c1ccc(CNC(=O)c2cc(Cl)ccc2Cl)cc1. The van der Waals surface area contributed by atoms with E-state index in [1.54, 1.807) is 24.3 Å². The molecule has 0 aliphatic heterocycles. The number of benzene rings is 2. The number of nitrogens with one attached hydrogen (secondary N) is 2. The van der Waals surface area contributed by atoms with Gasteiger partial charge in [0.15, 0.2) is 0 Å². The minimum absolute atomic E-state index is 0.101. The van der Waals surface area contributed by atoms with Crippen molar-refractivity contribution >= 4 is 35.0 Å². The molecule has 4 nitrogen and oxygen atoms in total. The third-order valence-corrected chi connectivity index (χ3v) is 4.40. The first-order chi connectivity index (χ1) is 11.9. The van der Waals surface area contributed by atoms with Gasteiger partial charge in [0.05, 0.1) is 10.6 Å². The lowest BCUT2D eigenvalue weighted by Gasteiger charge is -2.12. The van der Waals surface area contributed by atoms with Crippen molar-refractivity contribution in [2.45, 2.75) is 32.9 Å². The lowest BCUT2D eigenvalue weighted by atomic mass is 10.1. The number of rotatable bonds is 6. The maximum Gasteiger partial charge on any atom is 0.253 e. The van der Waals surface area contributed by atoms with E-state index in [0.717, 1.165) is 12.0 Å². The van der Waals surface area contributed by atoms with E-state index < -0.39 is 0 Å². The van der Waals surface area contributed by atoms with Crippen molar-refractivity contribution in [3.63, 3.8) is 0 Å². The van der Waals surface area contributed by atoms with E-state index in [0.29, 0.717) is 27.7 Å². The molecule has 0 aliphatic rings. The van der Waals surface area contributed by atoms with Gasteiger partial charge in [-0.25, -0.2) is 0 Å². The van der Waals surface area contributed by atoms with E-state index in [-0.39, 0.29) is 17.9 Å². The highest BCUT2D eigenvalue weighted by Crippen LogP contribution is 2.20. The van der Waals surface area contributed by atoms with Crippen LogP contribution in [0, 0.1) is 0 Å². The summed E-state index contributed by atoms with van der Waals surface area (Å²) in [5.74, 6) is -0.401. The van der Waals surface area contributed by atoms with Gasteiger partial charge in [-0.3, -0.25) is 9.59 Å². The fraction of sp³-hybridized carbons (Fsp3) is 0.263. The number of hydrogen-bond donors (Lipinski definition) is 2. The first-order valence-corrected chi connectivity index (χ1v) is 8.79. The fourth-order valence-corrected chi connectivity index (χ4v) is 2.51. The number of hydrogen-bond acceptors (Lipinski definition) is 2. The highest BCUT2D eigenvalue weighted by molar-refractivity contribution is 6.35. The van der Waals surface area contributed by atoms with Crippen LogP contribution in [0.5, 0.6) is 0 Å². The molecule has 2 aromatic carbocycles. The van der Waals surface area contributed by atoms with Gasteiger partial charge in [0, 0.05) is 23.2 Å². The predicted octanol–water partition coefficient (Wildman–Crippen LogP) is 4.45. The summed E-state index contributed by atoms with van der Waals surface area (Å²) in [6.07, 6.45) is 0.877. The second kappa shape index (κ2) is 8.88. The van der Waals surface area contributed by atoms with Crippen LogP contribution in [0.15, 0.2) is 42.5 Å². The second-order valence-electron chi connectivity index (χ2n) is 5.79. The van der Waals surface area contributed by atoms with Gasteiger partial charge < -0.3 is 10.6 Å². The highest BCUT2D eigenvalue weighted by atomic mass is 35.5. The standard InChI is InChI=1S/C19H20Cl2N2O2/c1-3-12(2)23-18(24)14-6-4-13(5-7-14)11-22-19(25)16-10-15(20)8-9-17(16)21/h4-10,12H,3,11H2,1-2H3,(H,22,25)(H,23,24)/t12-/m0/s1. The maximum absolute atomic E-state index is 12.2. The molecule has 0 saturated carbocycles. The Balaban J connectivity index is 1.96. The van der Waals surface area contributed by atoms with Gasteiger partial charge in [-0.1, -0.05) is 42.3 Å². The fourth-order valence-electron chi connectivity index (χ4n) is 2.13. The van der Waals surface area contributed by atoms with Gasteiger partial charge in [0.25, 0.3) is 11.8 Å². The van der Waals surface area contributed by atoms with Crippen LogP contribution in [0.25, 0.3) is 0 Å². The molecule has 1 atom stereocenters. The first kappa shape index (κ1) is 19.3. The normalized spacial score (nSPS) is 11.7. The zero-order chi connectivity index (χ0) is 18.4. The molecule has 2 aromatic rings. The van der Waals surface area contributed by atoms with Crippen molar-refractivity contribution in [3.8, 4) is 0 Å². The van der Waals surface area contributed by atoms with E-state index in [1.807, 2.05) is 26.0 Å². The molecule has 2 N–H and O–H groups in total. The van der Waals surface area contributed by atoms with Gasteiger partial charge in [-0.05, 0) is 49.2 Å². The Morgan fingerprint density at radius 1 is 1.04 bits per heavy atom. The van der Waals surface area contributed by atoms with E-state index in [1.165, 1.54) is 6.07 Å². The van der Waals surface area contributed by atoms with Crippen molar-refractivity contribution < 1.29 is 9.59 Å². The van der Waals surface area contributed by atoms with Gasteiger partial charge in [0.1, 0.15) is 0 Å². The largest absolute Gasteiger partial charge is 0.350 e. The summed E-state index contributed by atoms with van der Waals surface area (Å²) in [6.45, 7) is 4.31. The summed E-state index contributed by atoms with van der Waals surface area (Å²) in [4.78, 5) is 24.2. The molecule has 0 fully saturated rings. The number of halogens is 2. The number of amides is 2. The van der Waals surface area contributed by atoms with Crippen LogP contribution in [0.4, 0.5) is 0 Å². The van der Waals surface area contributed by atoms with Crippen molar-refractivity contribution in [1.29, 1.82) is 0 Å². The Hall–Kier alpha value is -2.04. The van der Waals surface area contributed by atoms with Crippen LogP contribution in [-0.4, -0.2) is 17.9 Å². The molecule has 0 aliphatic carbocycles. The molecular formula is C19H20Cl2N2O2.